The number of amides is 1. The average molecular weight is 329 g/mol. The number of carbonyl (C=O) groups excluding carboxylic acids is 1. The van der Waals surface area contributed by atoms with Crippen molar-refractivity contribution in [2.24, 2.45) is 11.7 Å². The van der Waals surface area contributed by atoms with Crippen molar-refractivity contribution in [3.05, 3.63) is 23.8 Å². The molecule has 6 heteroatoms. The first-order chi connectivity index (χ1) is 10.1. The predicted molar refractivity (Wildman–Crippen MR) is 89.1 cm³/mol. The van der Waals surface area contributed by atoms with Crippen molar-refractivity contribution in [2.45, 2.75) is 25.8 Å². The van der Waals surface area contributed by atoms with Gasteiger partial charge in [-0.25, -0.2) is 0 Å². The van der Waals surface area contributed by atoms with Crippen LogP contribution in [-0.4, -0.2) is 44.2 Å². The van der Waals surface area contributed by atoms with E-state index in [-0.39, 0.29) is 24.4 Å². The lowest BCUT2D eigenvalue weighted by Gasteiger charge is -2.35. The molecule has 2 rings (SSSR count). The Kier molecular flexibility index (Phi) is 6.97. The van der Waals surface area contributed by atoms with Crippen molar-refractivity contribution < 1.29 is 14.3 Å². The lowest BCUT2D eigenvalue weighted by atomic mass is 9.92. The quantitative estimate of drug-likeness (QED) is 0.921. The molecule has 1 heterocycles. The van der Waals surface area contributed by atoms with Crippen molar-refractivity contribution in [1.82, 2.24) is 4.90 Å². The van der Waals surface area contributed by atoms with Crippen LogP contribution in [0.1, 0.15) is 30.1 Å². The normalized spacial score (nSPS) is 19.1. The van der Waals surface area contributed by atoms with Crippen LogP contribution in [0.5, 0.6) is 11.5 Å². The number of nitrogens with two attached hydrogens (primary N) is 1. The third kappa shape index (κ3) is 3.84. The van der Waals surface area contributed by atoms with Gasteiger partial charge in [0.1, 0.15) is 0 Å². The number of methoxy groups -OCH3 is 2. The number of halogens is 1. The third-order valence-corrected chi connectivity index (χ3v) is 4.12. The van der Waals surface area contributed by atoms with Crippen LogP contribution in [0.4, 0.5) is 0 Å². The van der Waals surface area contributed by atoms with Crippen LogP contribution >= 0.6 is 12.4 Å². The van der Waals surface area contributed by atoms with Gasteiger partial charge in [-0.05, 0) is 37.8 Å². The zero-order valence-corrected chi connectivity index (χ0v) is 14.2. The van der Waals surface area contributed by atoms with Gasteiger partial charge in [0.15, 0.2) is 11.5 Å². The Morgan fingerprint density at radius 1 is 1.36 bits per heavy atom. The van der Waals surface area contributed by atoms with Crippen molar-refractivity contribution in [3.8, 4) is 11.5 Å². The molecule has 2 atom stereocenters. The van der Waals surface area contributed by atoms with Gasteiger partial charge in [0.2, 0.25) is 0 Å². The summed E-state index contributed by atoms with van der Waals surface area (Å²) < 4.78 is 10.6. The van der Waals surface area contributed by atoms with E-state index in [0.717, 1.165) is 19.4 Å². The molecule has 0 radical (unpaired) electrons. The molecule has 22 heavy (non-hydrogen) atoms. The molecule has 1 amide bonds. The number of nitrogens with zero attached hydrogens (tertiary/aromatic N) is 1. The highest BCUT2D eigenvalue weighted by Crippen LogP contribution is 2.32. The second kappa shape index (κ2) is 8.25. The van der Waals surface area contributed by atoms with E-state index in [1.165, 1.54) is 0 Å². The Morgan fingerprint density at radius 3 is 2.68 bits per heavy atom. The van der Waals surface area contributed by atoms with Gasteiger partial charge < -0.3 is 20.1 Å². The standard InChI is InChI=1S/C16H24N2O3.ClH/c1-11(17)12-6-5-9-18(10-12)16(19)13-7-4-8-14(20-2)15(13)21-3;/h4,7-8,11-12H,5-6,9-10,17H2,1-3H3;1H. The van der Waals surface area contributed by atoms with Gasteiger partial charge in [-0.15, -0.1) is 12.4 Å². The lowest BCUT2D eigenvalue weighted by molar-refractivity contribution is 0.0657. The summed E-state index contributed by atoms with van der Waals surface area (Å²) in [6.07, 6.45) is 2.07. The van der Waals surface area contributed by atoms with Gasteiger partial charge in [-0.3, -0.25) is 4.79 Å². The van der Waals surface area contributed by atoms with Gasteiger partial charge >= 0.3 is 0 Å². The second-order valence-electron chi connectivity index (χ2n) is 5.55. The minimum Gasteiger partial charge on any atom is -0.493 e. The van der Waals surface area contributed by atoms with Crippen LogP contribution in [0.2, 0.25) is 0 Å². The van der Waals surface area contributed by atoms with Crippen LogP contribution in [0, 0.1) is 5.92 Å². The Morgan fingerprint density at radius 2 is 2.09 bits per heavy atom. The molecular formula is C16H25ClN2O3. The number of hydrogen-bond acceptors (Lipinski definition) is 4. The highest BCUT2D eigenvalue weighted by Gasteiger charge is 2.28. The van der Waals surface area contributed by atoms with E-state index in [1.54, 1.807) is 26.4 Å². The summed E-state index contributed by atoms with van der Waals surface area (Å²) in [6.45, 7) is 3.48. The number of carbonyl (C=O) groups is 1. The van der Waals surface area contributed by atoms with E-state index >= 15 is 0 Å². The van der Waals surface area contributed by atoms with Gasteiger partial charge in [0, 0.05) is 19.1 Å². The second-order valence-corrected chi connectivity index (χ2v) is 5.55. The SMILES string of the molecule is COc1cccc(C(=O)N2CCCC(C(C)N)C2)c1OC.Cl. The summed E-state index contributed by atoms with van der Waals surface area (Å²) in [6, 6.07) is 5.48. The van der Waals surface area contributed by atoms with Gasteiger partial charge in [0.05, 0.1) is 19.8 Å². The fourth-order valence-electron chi connectivity index (χ4n) is 2.85. The van der Waals surface area contributed by atoms with E-state index in [9.17, 15) is 4.79 Å². The summed E-state index contributed by atoms with van der Waals surface area (Å²) in [4.78, 5) is 14.6. The van der Waals surface area contributed by atoms with Gasteiger partial charge in [-0.1, -0.05) is 6.07 Å². The molecule has 5 nitrogen and oxygen atoms in total. The van der Waals surface area contributed by atoms with Crippen molar-refractivity contribution in [3.63, 3.8) is 0 Å². The van der Waals surface area contributed by atoms with E-state index in [2.05, 4.69) is 0 Å². The number of hydrogen-bond donors (Lipinski definition) is 1. The molecule has 2 unspecified atom stereocenters. The predicted octanol–water partition coefficient (Wildman–Crippen LogP) is 2.33. The molecule has 0 saturated carbocycles. The van der Waals surface area contributed by atoms with Crippen LogP contribution in [0.25, 0.3) is 0 Å². The summed E-state index contributed by atoms with van der Waals surface area (Å²) >= 11 is 0. The van der Waals surface area contributed by atoms with E-state index < -0.39 is 0 Å². The summed E-state index contributed by atoms with van der Waals surface area (Å²) in [5, 5.41) is 0. The molecular weight excluding hydrogens is 304 g/mol. The molecule has 1 aromatic carbocycles. The van der Waals surface area contributed by atoms with Gasteiger partial charge in [0.25, 0.3) is 5.91 Å². The molecule has 124 valence electrons. The number of rotatable bonds is 4. The zero-order chi connectivity index (χ0) is 15.4. The smallest absolute Gasteiger partial charge is 0.257 e. The Bertz CT molecular complexity index is 508. The molecule has 1 fully saturated rings. The number of benzene rings is 1. The first-order valence-corrected chi connectivity index (χ1v) is 7.34. The van der Waals surface area contributed by atoms with Crippen LogP contribution < -0.4 is 15.2 Å². The first kappa shape index (κ1) is 18.6. The van der Waals surface area contributed by atoms with Crippen LogP contribution in [0.3, 0.4) is 0 Å². The molecule has 0 aromatic heterocycles. The highest BCUT2D eigenvalue weighted by molar-refractivity contribution is 5.97. The first-order valence-electron chi connectivity index (χ1n) is 7.34. The Hall–Kier alpha value is -1.46. The minimum atomic E-state index is -0.0175. The summed E-state index contributed by atoms with van der Waals surface area (Å²) in [5.74, 6) is 1.41. The maximum atomic E-state index is 12.8. The Labute approximate surface area is 138 Å². The van der Waals surface area contributed by atoms with Crippen molar-refractivity contribution in [2.75, 3.05) is 27.3 Å². The van der Waals surface area contributed by atoms with E-state index in [4.69, 9.17) is 15.2 Å². The number of likely N-dealkylation sites (tertiary alicyclic amines) is 1. The molecule has 1 aliphatic rings. The topological polar surface area (TPSA) is 64.8 Å². The van der Waals surface area contributed by atoms with Gasteiger partial charge in [-0.2, -0.15) is 0 Å². The number of ether oxygens (including phenoxy) is 2. The number of piperidine rings is 1. The molecule has 0 bridgehead atoms. The minimum absolute atomic E-state index is 0. The van der Waals surface area contributed by atoms with Crippen molar-refractivity contribution in [1.29, 1.82) is 0 Å². The Balaban J connectivity index is 0.00000242. The monoisotopic (exact) mass is 328 g/mol. The summed E-state index contributed by atoms with van der Waals surface area (Å²) in [7, 11) is 3.12. The molecule has 2 N–H and O–H groups in total. The molecule has 1 saturated heterocycles. The maximum absolute atomic E-state index is 12.8. The van der Waals surface area contributed by atoms with E-state index in [1.807, 2.05) is 17.9 Å². The lowest BCUT2D eigenvalue weighted by Crippen LogP contribution is -2.45. The highest BCUT2D eigenvalue weighted by atomic mass is 35.5. The fraction of sp³-hybridized carbons (Fsp3) is 0.562. The van der Waals surface area contributed by atoms with E-state index in [0.29, 0.717) is 29.5 Å². The van der Waals surface area contributed by atoms with Crippen molar-refractivity contribution >= 4 is 18.3 Å². The van der Waals surface area contributed by atoms with Crippen LogP contribution in [0.15, 0.2) is 18.2 Å². The third-order valence-electron chi connectivity index (χ3n) is 4.12. The zero-order valence-electron chi connectivity index (χ0n) is 13.4. The largest absolute Gasteiger partial charge is 0.493 e. The summed E-state index contributed by atoms with van der Waals surface area (Å²) in [5.41, 5.74) is 6.53. The number of para-hydroxylation sites is 1. The molecule has 0 spiro atoms. The molecule has 1 aliphatic heterocycles. The molecule has 0 aliphatic carbocycles. The van der Waals surface area contributed by atoms with Crippen LogP contribution in [-0.2, 0) is 0 Å². The fourth-order valence-corrected chi connectivity index (χ4v) is 2.85. The average Bonchev–Trinajstić information content (AvgIpc) is 2.53. The maximum Gasteiger partial charge on any atom is 0.257 e. The molecule has 1 aromatic rings.